The van der Waals surface area contributed by atoms with E-state index in [4.69, 9.17) is 4.74 Å². The minimum atomic E-state index is -0.0457. The molecule has 0 aliphatic carbocycles. The Morgan fingerprint density at radius 1 is 1.33 bits per heavy atom. The standard InChI is InChI=1S/C19H23N3O2/c1-3-22-17(11-12-20-22)9-10-19(23)21-13-15(2)24-14-18(21)16-7-5-4-6-8-16/h4-12,15,18H,3,13-14H2,1-2H3. The molecular weight excluding hydrogens is 302 g/mol. The van der Waals surface area contributed by atoms with Crippen molar-refractivity contribution in [2.24, 2.45) is 0 Å². The number of carbonyl (C=O) groups excluding carboxylic acids is 1. The third-order valence-electron chi connectivity index (χ3n) is 4.28. The number of aromatic nitrogens is 2. The van der Waals surface area contributed by atoms with Crippen LogP contribution in [0.4, 0.5) is 0 Å². The Hall–Kier alpha value is -2.40. The molecule has 2 heterocycles. The molecular formula is C19H23N3O2. The molecule has 2 aromatic rings. The molecule has 0 N–H and O–H groups in total. The minimum absolute atomic E-state index is 0.00264. The largest absolute Gasteiger partial charge is 0.374 e. The van der Waals surface area contributed by atoms with E-state index in [1.807, 2.05) is 65.9 Å². The maximum absolute atomic E-state index is 12.8. The van der Waals surface area contributed by atoms with E-state index in [1.165, 1.54) is 0 Å². The monoisotopic (exact) mass is 325 g/mol. The maximum atomic E-state index is 12.8. The Morgan fingerprint density at radius 3 is 2.88 bits per heavy atom. The normalized spacial score (nSPS) is 21.3. The molecule has 0 radical (unpaired) electrons. The molecule has 1 aromatic heterocycles. The molecule has 0 spiro atoms. The van der Waals surface area contributed by atoms with Crippen LogP contribution in [0.3, 0.4) is 0 Å². The SMILES string of the molecule is CCn1nccc1C=CC(=O)N1CC(C)OCC1c1ccccc1. The summed E-state index contributed by atoms with van der Waals surface area (Å²) in [7, 11) is 0. The summed E-state index contributed by atoms with van der Waals surface area (Å²) in [6.45, 7) is 5.92. The summed E-state index contributed by atoms with van der Waals surface area (Å²) in [6.07, 6.45) is 5.26. The first-order valence-corrected chi connectivity index (χ1v) is 8.36. The van der Waals surface area contributed by atoms with Gasteiger partial charge in [0, 0.05) is 25.4 Å². The zero-order valence-electron chi connectivity index (χ0n) is 14.1. The molecule has 1 aliphatic heterocycles. The van der Waals surface area contributed by atoms with Gasteiger partial charge in [-0.15, -0.1) is 0 Å². The van der Waals surface area contributed by atoms with E-state index < -0.39 is 0 Å². The van der Waals surface area contributed by atoms with Crippen molar-refractivity contribution in [3.8, 4) is 0 Å². The van der Waals surface area contributed by atoms with Crippen LogP contribution in [0.2, 0.25) is 0 Å². The topological polar surface area (TPSA) is 47.4 Å². The second-order valence-corrected chi connectivity index (χ2v) is 5.97. The van der Waals surface area contributed by atoms with Gasteiger partial charge in [0.2, 0.25) is 5.91 Å². The predicted octanol–water partition coefficient (Wildman–Crippen LogP) is 2.90. The molecule has 5 heteroatoms. The third kappa shape index (κ3) is 3.57. The number of nitrogens with zero attached hydrogens (tertiary/aromatic N) is 3. The molecule has 1 amide bonds. The van der Waals surface area contributed by atoms with Crippen molar-refractivity contribution in [2.75, 3.05) is 13.2 Å². The molecule has 24 heavy (non-hydrogen) atoms. The van der Waals surface area contributed by atoms with Crippen LogP contribution in [-0.2, 0) is 16.1 Å². The van der Waals surface area contributed by atoms with Crippen LogP contribution >= 0.6 is 0 Å². The summed E-state index contributed by atoms with van der Waals surface area (Å²) >= 11 is 0. The van der Waals surface area contributed by atoms with Crippen LogP contribution in [0.5, 0.6) is 0 Å². The summed E-state index contributed by atoms with van der Waals surface area (Å²) < 4.78 is 7.64. The lowest BCUT2D eigenvalue weighted by Crippen LogP contribution is -2.46. The highest BCUT2D eigenvalue weighted by Gasteiger charge is 2.30. The fourth-order valence-electron chi connectivity index (χ4n) is 3.00. The number of hydrogen-bond donors (Lipinski definition) is 0. The van der Waals surface area contributed by atoms with E-state index in [0.717, 1.165) is 17.8 Å². The van der Waals surface area contributed by atoms with Gasteiger partial charge >= 0.3 is 0 Å². The molecule has 3 rings (SSSR count). The number of benzene rings is 1. The highest BCUT2D eigenvalue weighted by Crippen LogP contribution is 2.26. The van der Waals surface area contributed by atoms with Gasteiger partial charge in [0.25, 0.3) is 0 Å². The summed E-state index contributed by atoms with van der Waals surface area (Å²) in [5.74, 6) is 0.00264. The van der Waals surface area contributed by atoms with Gasteiger partial charge in [0.1, 0.15) is 0 Å². The zero-order chi connectivity index (χ0) is 16.9. The number of carbonyl (C=O) groups is 1. The Bertz CT molecular complexity index is 708. The van der Waals surface area contributed by atoms with Crippen LogP contribution in [0.25, 0.3) is 6.08 Å². The van der Waals surface area contributed by atoms with Crippen molar-refractivity contribution < 1.29 is 9.53 Å². The highest BCUT2D eigenvalue weighted by atomic mass is 16.5. The molecule has 2 unspecified atom stereocenters. The average Bonchev–Trinajstić information content (AvgIpc) is 3.08. The van der Waals surface area contributed by atoms with E-state index >= 15 is 0 Å². The smallest absolute Gasteiger partial charge is 0.247 e. The number of ether oxygens (including phenoxy) is 1. The summed E-state index contributed by atoms with van der Waals surface area (Å²) in [5, 5.41) is 4.22. The van der Waals surface area contributed by atoms with Gasteiger partial charge in [-0.2, -0.15) is 5.10 Å². The first-order chi connectivity index (χ1) is 11.7. The molecule has 0 saturated carbocycles. The molecule has 2 atom stereocenters. The Kier molecular flexibility index (Phi) is 5.11. The molecule has 5 nitrogen and oxygen atoms in total. The number of amides is 1. The average molecular weight is 325 g/mol. The van der Waals surface area contributed by atoms with Crippen molar-refractivity contribution in [3.63, 3.8) is 0 Å². The Balaban J connectivity index is 1.79. The van der Waals surface area contributed by atoms with E-state index in [9.17, 15) is 4.79 Å². The third-order valence-corrected chi connectivity index (χ3v) is 4.28. The predicted molar refractivity (Wildman–Crippen MR) is 93.2 cm³/mol. The van der Waals surface area contributed by atoms with Crippen molar-refractivity contribution in [2.45, 2.75) is 32.5 Å². The quantitative estimate of drug-likeness (QED) is 0.812. The molecule has 1 saturated heterocycles. The van der Waals surface area contributed by atoms with Gasteiger partial charge in [0.15, 0.2) is 0 Å². The first kappa shape index (κ1) is 16.5. The van der Waals surface area contributed by atoms with Crippen molar-refractivity contribution in [3.05, 3.63) is 59.9 Å². The van der Waals surface area contributed by atoms with Crippen LogP contribution in [0.15, 0.2) is 48.7 Å². The van der Waals surface area contributed by atoms with Crippen LogP contribution in [-0.4, -0.2) is 39.8 Å². The van der Waals surface area contributed by atoms with Crippen molar-refractivity contribution in [1.29, 1.82) is 0 Å². The van der Waals surface area contributed by atoms with E-state index in [1.54, 1.807) is 12.3 Å². The van der Waals surface area contributed by atoms with Crippen LogP contribution in [0, 0.1) is 0 Å². The van der Waals surface area contributed by atoms with Gasteiger partial charge in [-0.1, -0.05) is 30.3 Å². The molecule has 1 fully saturated rings. The van der Waals surface area contributed by atoms with Crippen molar-refractivity contribution >= 4 is 12.0 Å². The molecule has 126 valence electrons. The number of aryl methyl sites for hydroxylation is 1. The fourth-order valence-corrected chi connectivity index (χ4v) is 3.00. The van der Waals surface area contributed by atoms with Gasteiger partial charge in [-0.3, -0.25) is 9.48 Å². The summed E-state index contributed by atoms with van der Waals surface area (Å²) in [5.41, 5.74) is 2.04. The number of morpholine rings is 1. The second-order valence-electron chi connectivity index (χ2n) is 5.97. The molecule has 1 aliphatic rings. The lowest BCUT2D eigenvalue weighted by molar-refractivity contribution is -0.139. The molecule has 0 bridgehead atoms. The first-order valence-electron chi connectivity index (χ1n) is 8.36. The van der Waals surface area contributed by atoms with E-state index in [0.29, 0.717) is 13.2 Å². The van der Waals surface area contributed by atoms with Gasteiger partial charge in [-0.05, 0) is 31.6 Å². The zero-order valence-corrected chi connectivity index (χ0v) is 14.1. The lowest BCUT2D eigenvalue weighted by Gasteiger charge is -2.38. The van der Waals surface area contributed by atoms with Crippen LogP contribution in [0.1, 0.15) is 31.1 Å². The van der Waals surface area contributed by atoms with E-state index in [-0.39, 0.29) is 18.1 Å². The van der Waals surface area contributed by atoms with Gasteiger partial charge in [-0.25, -0.2) is 0 Å². The minimum Gasteiger partial charge on any atom is -0.374 e. The van der Waals surface area contributed by atoms with Gasteiger partial charge in [0.05, 0.1) is 24.4 Å². The van der Waals surface area contributed by atoms with Crippen LogP contribution < -0.4 is 0 Å². The highest BCUT2D eigenvalue weighted by molar-refractivity contribution is 5.92. The summed E-state index contributed by atoms with van der Waals surface area (Å²) in [6, 6.07) is 11.9. The van der Waals surface area contributed by atoms with E-state index in [2.05, 4.69) is 5.10 Å². The summed E-state index contributed by atoms with van der Waals surface area (Å²) in [4.78, 5) is 14.7. The number of hydrogen-bond acceptors (Lipinski definition) is 3. The Morgan fingerprint density at radius 2 is 2.12 bits per heavy atom. The fraction of sp³-hybridized carbons (Fsp3) is 0.368. The molecule has 1 aromatic carbocycles. The van der Waals surface area contributed by atoms with Crippen molar-refractivity contribution in [1.82, 2.24) is 14.7 Å². The maximum Gasteiger partial charge on any atom is 0.247 e. The number of rotatable bonds is 4. The second kappa shape index (κ2) is 7.45. The lowest BCUT2D eigenvalue weighted by atomic mass is 10.0. The van der Waals surface area contributed by atoms with Gasteiger partial charge < -0.3 is 9.64 Å². The Labute approximate surface area is 142 Å².